The number of hydrogen-bond donors (Lipinski definition) is 0. The minimum absolute atomic E-state index is 0.264. The Labute approximate surface area is 64.6 Å². The first-order valence-electron chi connectivity index (χ1n) is 3.05. The third kappa shape index (κ3) is 3.56. The summed E-state index contributed by atoms with van der Waals surface area (Å²) in [6.07, 6.45) is 2.98. The van der Waals surface area contributed by atoms with Crippen LogP contribution in [0.4, 0.5) is 0 Å². The quantitative estimate of drug-likeness (QED) is 0.564. The van der Waals surface area contributed by atoms with Crippen LogP contribution in [0.1, 0.15) is 20.8 Å². The highest BCUT2D eigenvalue weighted by molar-refractivity contribution is 7.85. The van der Waals surface area contributed by atoms with Gasteiger partial charge in [-0.25, -0.2) is 4.21 Å². The Morgan fingerprint density at radius 3 is 2.30 bits per heavy atom. The second kappa shape index (κ2) is 3.66. The van der Waals surface area contributed by atoms with E-state index in [2.05, 4.69) is 11.0 Å². The third-order valence-electron chi connectivity index (χ3n) is 0.786. The van der Waals surface area contributed by atoms with Crippen LogP contribution in [0.2, 0.25) is 0 Å². The first-order chi connectivity index (χ1) is 4.48. The molecule has 0 radical (unpaired) electrons. The average molecular weight is 159 g/mol. The van der Waals surface area contributed by atoms with Crippen molar-refractivity contribution in [1.29, 1.82) is 0 Å². The van der Waals surface area contributed by atoms with Crippen molar-refractivity contribution in [1.82, 2.24) is 0 Å². The summed E-state index contributed by atoms with van der Waals surface area (Å²) in [5, 5.41) is 0. The van der Waals surface area contributed by atoms with Crippen molar-refractivity contribution in [3.8, 4) is 0 Å². The molecule has 0 saturated carbocycles. The Hall–Kier alpha value is -0.440. The van der Waals surface area contributed by atoms with E-state index < -0.39 is 11.0 Å². The van der Waals surface area contributed by atoms with Gasteiger partial charge in [-0.2, -0.15) is 4.40 Å². The SMILES string of the molecule is C=CC=N[S@@](=O)C(C)(C)C. The summed E-state index contributed by atoms with van der Waals surface area (Å²) >= 11 is 0. The van der Waals surface area contributed by atoms with E-state index in [4.69, 9.17) is 0 Å². The molecule has 2 nitrogen and oxygen atoms in total. The lowest BCUT2D eigenvalue weighted by Gasteiger charge is -2.12. The molecule has 0 aromatic heterocycles. The van der Waals surface area contributed by atoms with Crippen molar-refractivity contribution in [2.75, 3.05) is 0 Å². The first-order valence-corrected chi connectivity index (χ1v) is 4.16. The van der Waals surface area contributed by atoms with Gasteiger partial charge in [-0.15, -0.1) is 0 Å². The van der Waals surface area contributed by atoms with Gasteiger partial charge in [0, 0.05) is 6.21 Å². The molecule has 0 aliphatic heterocycles. The van der Waals surface area contributed by atoms with Crippen LogP contribution in [0.15, 0.2) is 17.1 Å². The topological polar surface area (TPSA) is 29.4 Å². The van der Waals surface area contributed by atoms with Gasteiger partial charge in [0.15, 0.2) is 0 Å². The highest BCUT2D eigenvalue weighted by Gasteiger charge is 2.17. The van der Waals surface area contributed by atoms with Crippen molar-refractivity contribution in [3.05, 3.63) is 12.7 Å². The average Bonchev–Trinajstić information content (AvgIpc) is 1.80. The summed E-state index contributed by atoms with van der Waals surface area (Å²) in [4.78, 5) is 0. The van der Waals surface area contributed by atoms with Crippen molar-refractivity contribution in [3.63, 3.8) is 0 Å². The van der Waals surface area contributed by atoms with Gasteiger partial charge >= 0.3 is 0 Å². The second-order valence-corrected chi connectivity index (χ2v) is 4.79. The summed E-state index contributed by atoms with van der Waals surface area (Å²) in [5.41, 5.74) is 0. The van der Waals surface area contributed by atoms with Crippen LogP contribution < -0.4 is 0 Å². The van der Waals surface area contributed by atoms with E-state index in [1.54, 1.807) is 0 Å². The molecule has 3 heteroatoms. The summed E-state index contributed by atoms with van der Waals surface area (Å²) in [6.45, 7) is 9.07. The smallest absolute Gasteiger partial charge is 0.144 e. The molecule has 0 heterocycles. The largest absolute Gasteiger partial charge is 0.234 e. The van der Waals surface area contributed by atoms with Crippen molar-refractivity contribution in [2.24, 2.45) is 4.40 Å². The molecule has 10 heavy (non-hydrogen) atoms. The molecule has 0 amide bonds. The fourth-order valence-electron chi connectivity index (χ4n) is 0.256. The molecule has 0 fully saturated rings. The molecule has 0 aromatic carbocycles. The summed E-state index contributed by atoms with van der Waals surface area (Å²) in [6, 6.07) is 0. The zero-order valence-electron chi connectivity index (χ0n) is 6.63. The molecular weight excluding hydrogens is 146 g/mol. The molecule has 0 aromatic rings. The summed E-state index contributed by atoms with van der Waals surface area (Å²) in [7, 11) is -1.14. The first kappa shape index (κ1) is 9.56. The van der Waals surface area contributed by atoms with E-state index in [1.165, 1.54) is 12.3 Å². The van der Waals surface area contributed by atoms with E-state index in [9.17, 15) is 4.21 Å². The Balaban J connectivity index is 4.11. The normalized spacial score (nSPS) is 15.5. The van der Waals surface area contributed by atoms with Crippen LogP contribution in [-0.2, 0) is 11.0 Å². The number of hydrogen-bond acceptors (Lipinski definition) is 1. The maximum atomic E-state index is 11.1. The minimum atomic E-state index is -1.14. The monoisotopic (exact) mass is 159 g/mol. The van der Waals surface area contributed by atoms with Crippen LogP contribution in [0.3, 0.4) is 0 Å². The maximum Gasteiger partial charge on any atom is 0.144 e. The zero-order chi connectivity index (χ0) is 8.20. The van der Waals surface area contributed by atoms with E-state index in [0.717, 1.165) is 0 Å². The fraction of sp³-hybridized carbons (Fsp3) is 0.571. The van der Waals surface area contributed by atoms with Crippen LogP contribution in [0.5, 0.6) is 0 Å². The van der Waals surface area contributed by atoms with Crippen molar-refractivity contribution in [2.45, 2.75) is 25.5 Å². The highest BCUT2D eigenvalue weighted by atomic mass is 32.2. The predicted molar refractivity (Wildman–Crippen MR) is 46.6 cm³/mol. The van der Waals surface area contributed by atoms with E-state index in [0.29, 0.717) is 0 Å². The number of nitrogens with zero attached hydrogens (tertiary/aromatic N) is 1. The number of rotatable bonds is 2. The third-order valence-corrected chi connectivity index (χ3v) is 2.15. The molecule has 0 saturated heterocycles. The predicted octanol–water partition coefficient (Wildman–Crippen LogP) is 1.71. The van der Waals surface area contributed by atoms with E-state index >= 15 is 0 Å². The lowest BCUT2D eigenvalue weighted by molar-refractivity contribution is 0.651. The Kier molecular flexibility index (Phi) is 3.50. The Morgan fingerprint density at radius 1 is 1.50 bits per heavy atom. The van der Waals surface area contributed by atoms with Crippen LogP contribution in [-0.4, -0.2) is 15.2 Å². The van der Waals surface area contributed by atoms with Gasteiger partial charge in [-0.05, 0) is 20.8 Å². The fourth-order valence-corrected chi connectivity index (χ4v) is 0.769. The molecule has 1 atom stereocenters. The second-order valence-electron chi connectivity index (χ2n) is 2.85. The molecule has 0 rings (SSSR count). The molecule has 0 bridgehead atoms. The van der Waals surface area contributed by atoms with Gasteiger partial charge in [0.2, 0.25) is 0 Å². The van der Waals surface area contributed by atoms with Gasteiger partial charge in [0.1, 0.15) is 11.0 Å². The highest BCUT2D eigenvalue weighted by Crippen LogP contribution is 2.11. The molecular formula is C7H13NOS. The van der Waals surface area contributed by atoms with Crippen LogP contribution in [0, 0.1) is 0 Å². The molecule has 0 spiro atoms. The standard InChI is InChI=1S/C7H13NOS/c1-5-6-8-10(9)7(2,3)4/h5-6H,1H2,2-4H3/t10-/m0/s1. The zero-order valence-corrected chi connectivity index (χ0v) is 7.44. The lowest BCUT2D eigenvalue weighted by Crippen LogP contribution is -2.19. The van der Waals surface area contributed by atoms with Crippen molar-refractivity contribution < 1.29 is 4.21 Å². The van der Waals surface area contributed by atoms with Gasteiger partial charge < -0.3 is 0 Å². The molecule has 0 aliphatic carbocycles. The summed E-state index contributed by atoms with van der Waals surface area (Å²) < 4.78 is 14.6. The van der Waals surface area contributed by atoms with Crippen LogP contribution >= 0.6 is 0 Å². The number of allylic oxidation sites excluding steroid dienone is 1. The van der Waals surface area contributed by atoms with Gasteiger partial charge in [-0.3, -0.25) is 0 Å². The van der Waals surface area contributed by atoms with E-state index in [-0.39, 0.29) is 4.75 Å². The minimum Gasteiger partial charge on any atom is -0.234 e. The van der Waals surface area contributed by atoms with Crippen molar-refractivity contribution >= 4 is 17.2 Å². The summed E-state index contributed by atoms with van der Waals surface area (Å²) in [5.74, 6) is 0. The molecule has 0 N–H and O–H groups in total. The van der Waals surface area contributed by atoms with Gasteiger partial charge in [-0.1, -0.05) is 12.7 Å². The lowest BCUT2D eigenvalue weighted by atomic mass is 10.3. The van der Waals surface area contributed by atoms with Gasteiger partial charge in [0.05, 0.1) is 4.75 Å². The van der Waals surface area contributed by atoms with E-state index in [1.807, 2.05) is 20.8 Å². The van der Waals surface area contributed by atoms with Gasteiger partial charge in [0.25, 0.3) is 0 Å². The Bertz CT molecular complexity index is 167. The maximum absolute atomic E-state index is 11.1. The Morgan fingerprint density at radius 2 is 2.00 bits per heavy atom. The molecule has 58 valence electrons. The molecule has 0 unspecified atom stereocenters. The van der Waals surface area contributed by atoms with Crippen LogP contribution in [0.25, 0.3) is 0 Å². The molecule has 0 aliphatic rings.